The SMILES string of the molecule is CCn1cc(COc2ccc(CNC(C)C)nc2)cn1. The number of nitrogens with zero attached hydrogens (tertiary/aromatic N) is 3. The fraction of sp³-hybridized carbons (Fsp3) is 0.467. The van der Waals surface area contributed by atoms with Crippen LogP contribution >= 0.6 is 0 Å². The Kier molecular flexibility index (Phi) is 5.12. The van der Waals surface area contributed by atoms with Gasteiger partial charge in [0, 0.05) is 30.9 Å². The number of ether oxygens (including phenoxy) is 1. The maximum Gasteiger partial charge on any atom is 0.138 e. The molecule has 0 atom stereocenters. The van der Waals surface area contributed by atoms with E-state index < -0.39 is 0 Å². The Morgan fingerprint density at radius 1 is 1.30 bits per heavy atom. The van der Waals surface area contributed by atoms with Crippen LogP contribution in [0.2, 0.25) is 0 Å². The van der Waals surface area contributed by atoms with E-state index in [2.05, 4.69) is 36.2 Å². The van der Waals surface area contributed by atoms with E-state index in [0.717, 1.165) is 30.1 Å². The fourth-order valence-electron chi connectivity index (χ4n) is 1.73. The topological polar surface area (TPSA) is 52.0 Å². The molecule has 2 aromatic rings. The van der Waals surface area contributed by atoms with Crippen molar-refractivity contribution in [2.24, 2.45) is 0 Å². The van der Waals surface area contributed by atoms with Gasteiger partial charge >= 0.3 is 0 Å². The quantitative estimate of drug-likeness (QED) is 0.842. The van der Waals surface area contributed by atoms with Crippen molar-refractivity contribution < 1.29 is 4.74 Å². The summed E-state index contributed by atoms with van der Waals surface area (Å²) in [5.41, 5.74) is 2.09. The highest BCUT2D eigenvalue weighted by molar-refractivity contribution is 5.20. The Balaban J connectivity index is 1.84. The van der Waals surface area contributed by atoms with Gasteiger partial charge in [0.05, 0.1) is 18.1 Å². The summed E-state index contributed by atoms with van der Waals surface area (Å²) in [7, 11) is 0. The van der Waals surface area contributed by atoms with Crippen molar-refractivity contribution in [2.45, 2.75) is 46.5 Å². The predicted molar refractivity (Wildman–Crippen MR) is 78.4 cm³/mol. The van der Waals surface area contributed by atoms with Gasteiger partial charge in [-0.25, -0.2) is 0 Å². The molecular formula is C15H22N4O. The van der Waals surface area contributed by atoms with Crippen molar-refractivity contribution in [3.05, 3.63) is 42.0 Å². The van der Waals surface area contributed by atoms with Crippen LogP contribution in [0.25, 0.3) is 0 Å². The molecule has 0 aliphatic heterocycles. The molecule has 2 heterocycles. The lowest BCUT2D eigenvalue weighted by Crippen LogP contribution is -2.22. The number of hydrogen-bond donors (Lipinski definition) is 1. The summed E-state index contributed by atoms with van der Waals surface area (Å²) >= 11 is 0. The van der Waals surface area contributed by atoms with E-state index in [1.807, 2.05) is 29.2 Å². The van der Waals surface area contributed by atoms with Crippen molar-refractivity contribution in [3.8, 4) is 5.75 Å². The normalized spacial score (nSPS) is 11.0. The summed E-state index contributed by atoms with van der Waals surface area (Å²) in [5.74, 6) is 0.780. The molecule has 0 spiro atoms. The van der Waals surface area contributed by atoms with Crippen molar-refractivity contribution in [1.82, 2.24) is 20.1 Å². The molecule has 5 nitrogen and oxygen atoms in total. The van der Waals surface area contributed by atoms with Gasteiger partial charge < -0.3 is 10.1 Å². The molecule has 0 fully saturated rings. The predicted octanol–water partition coefficient (Wildman–Crippen LogP) is 2.38. The average Bonchev–Trinajstić information content (AvgIpc) is 2.92. The van der Waals surface area contributed by atoms with Crippen LogP contribution < -0.4 is 10.1 Å². The molecule has 0 bridgehead atoms. The fourth-order valence-corrected chi connectivity index (χ4v) is 1.73. The number of pyridine rings is 1. The first-order valence-electron chi connectivity index (χ1n) is 7.00. The lowest BCUT2D eigenvalue weighted by atomic mass is 10.3. The molecule has 0 aliphatic carbocycles. The molecule has 0 amide bonds. The monoisotopic (exact) mass is 274 g/mol. The summed E-state index contributed by atoms with van der Waals surface area (Å²) < 4.78 is 7.58. The van der Waals surface area contributed by atoms with Crippen molar-refractivity contribution in [2.75, 3.05) is 0 Å². The maximum atomic E-state index is 5.69. The van der Waals surface area contributed by atoms with Crippen LogP contribution in [0.3, 0.4) is 0 Å². The summed E-state index contributed by atoms with van der Waals surface area (Å²) in [6.07, 6.45) is 5.59. The first-order valence-corrected chi connectivity index (χ1v) is 7.00. The lowest BCUT2D eigenvalue weighted by Gasteiger charge is -2.08. The number of aryl methyl sites for hydroxylation is 1. The van der Waals surface area contributed by atoms with Gasteiger partial charge in [0.2, 0.25) is 0 Å². The number of aromatic nitrogens is 3. The highest BCUT2D eigenvalue weighted by Gasteiger charge is 2.01. The Morgan fingerprint density at radius 3 is 2.75 bits per heavy atom. The molecule has 1 N–H and O–H groups in total. The van der Waals surface area contributed by atoms with E-state index in [9.17, 15) is 0 Å². The molecule has 0 aliphatic rings. The van der Waals surface area contributed by atoms with Crippen LogP contribution in [0.4, 0.5) is 0 Å². The van der Waals surface area contributed by atoms with Crippen LogP contribution in [-0.4, -0.2) is 20.8 Å². The first kappa shape index (κ1) is 14.5. The minimum Gasteiger partial charge on any atom is -0.487 e. The molecule has 0 aromatic carbocycles. The third-order valence-corrected chi connectivity index (χ3v) is 2.91. The van der Waals surface area contributed by atoms with Crippen molar-refractivity contribution >= 4 is 0 Å². The summed E-state index contributed by atoms with van der Waals surface area (Å²) in [6.45, 7) is 8.47. The van der Waals surface area contributed by atoms with Crippen LogP contribution in [0.5, 0.6) is 5.75 Å². The Morgan fingerprint density at radius 2 is 2.15 bits per heavy atom. The molecule has 0 unspecified atom stereocenters. The third-order valence-electron chi connectivity index (χ3n) is 2.91. The van der Waals surface area contributed by atoms with Gasteiger partial charge in [0.1, 0.15) is 12.4 Å². The number of nitrogens with one attached hydrogen (secondary N) is 1. The molecule has 20 heavy (non-hydrogen) atoms. The second-order valence-corrected chi connectivity index (χ2v) is 5.01. The van der Waals surface area contributed by atoms with Crippen molar-refractivity contribution in [1.29, 1.82) is 0 Å². The van der Waals surface area contributed by atoms with E-state index in [1.165, 1.54) is 0 Å². The second-order valence-electron chi connectivity index (χ2n) is 5.01. The van der Waals surface area contributed by atoms with Crippen LogP contribution in [0, 0.1) is 0 Å². The first-order chi connectivity index (χ1) is 9.67. The molecule has 5 heteroatoms. The molecule has 0 radical (unpaired) electrons. The smallest absolute Gasteiger partial charge is 0.138 e. The van der Waals surface area contributed by atoms with Gasteiger partial charge in [-0.15, -0.1) is 0 Å². The van der Waals surface area contributed by atoms with Crippen molar-refractivity contribution in [3.63, 3.8) is 0 Å². The standard InChI is InChI=1S/C15H22N4O/c1-4-19-10-13(7-18-19)11-20-15-6-5-14(17-9-15)8-16-12(2)3/h5-7,9-10,12,16H,4,8,11H2,1-3H3. The number of hydrogen-bond acceptors (Lipinski definition) is 4. The average molecular weight is 274 g/mol. The minimum absolute atomic E-state index is 0.461. The molecular weight excluding hydrogens is 252 g/mol. The summed E-state index contributed by atoms with van der Waals surface area (Å²) in [4.78, 5) is 4.38. The van der Waals surface area contributed by atoms with Gasteiger partial charge in [0.15, 0.2) is 0 Å². The molecule has 108 valence electrons. The molecule has 2 aromatic heterocycles. The van der Waals surface area contributed by atoms with Gasteiger partial charge in [-0.1, -0.05) is 13.8 Å². The van der Waals surface area contributed by atoms with E-state index in [4.69, 9.17) is 4.74 Å². The summed E-state index contributed by atoms with van der Waals surface area (Å²) in [5, 5.41) is 7.55. The van der Waals surface area contributed by atoms with Gasteiger partial charge in [0.25, 0.3) is 0 Å². The van der Waals surface area contributed by atoms with E-state index in [1.54, 1.807) is 6.20 Å². The largest absolute Gasteiger partial charge is 0.487 e. The zero-order chi connectivity index (χ0) is 14.4. The van der Waals surface area contributed by atoms with Crippen LogP contribution in [-0.2, 0) is 19.7 Å². The molecule has 2 rings (SSSR count). The Bertz CT molecular complexity index is 519. The third kappa shape index (κ3) is 4.35. The highest BCUT2D eigenvalue weighted by atomic mass is 16.5. The van der Waals surface area contributed by atoms with Gasteiger partial charge in [-0.05, 0) is 19.1 Å². The van der Waals surface area contributed by atoms with Gasteiger partial charge in [-0.3, -0.25) is 9.67 Å². The van der Waals surface area contributed by atoms with Gasteiger partial charge in [-0.2, -0.15) is 5.10 Å². The van der Waals surface area contributed by atoms with E-state index in [-0.39, 0.29) is 0 Å². The Hall–Kier alpha value is -1.88. The second kappa shape index (κ2) is 7.05. The highest BCUT2D eigenvalue weighted by Crippen LogP contribution is 2.11. The Labute approximate surface area is 120 Å². The van der Waals surface area contributed by atoms with Crippen LogP contribution in [0.15, 0.2) is 30.7 Å². The zero-order valence-electron chi connectivity index (χ0n) is 12.3. The number of rotatable bonds is 7. The molecule has 0 saturated carbocycles. The molecule has 0 saturated heterocycles. The lowest BCUT2D eigenvalue weighted by molar-refractivity contribution is 0.304. The van der Waals surface area contributed by atoms with E-state index in [0.29, 0.717) is 12.6 Å². The maximum absolute atomic E-state index is 5.69. The van der Waals surface area contributed by atoms with E-state index >= 15 is 0 Å². The summed E-state index contributed by atoms with van der Waals surface area (Å²) in [6, 6.07) is 4.40. The van der Waals surface area contributed by atoms with Crippen LogP contribution in [0.1, 0.15) is 32.0 Å². The minimum atomic E-state index is 0.461. The zero-order valence-corrected chi connectivity index (χ0v) is 12.3.